The molecule has 0 radical (unpaired) electrons. The van der Waals surface area contributed by atoms with E-state index in [0.717, 1.165) is 6.07 Å². The number of carboxylic acid groups (broad SMARTS) is 1. The van der Waals surface area contributed by atoms with E-state index in [1.165, 1.54) is 18.6 Å². The molecule has 0 bridgehead atoms. The van der Waals surface area contributed by atoms with E-state index >= 15 is 4.39 Å². The number of β-lactam (4-membered cyclic amide) rings is 1. The predicted molar refractivity (Wildman–Crippen MR) is 149 cm³/mol. The zero-order chi connectivity index (χ0) is 28.6. The van der Waals surface area contributed by atoms with Gasteiger partial charge in [-0.1, -0.05) is 0 Å². The summed E-state index contributed by atoms with van der Waals surface area (Å²) in [6, 6.07) is 0.0491. The van der Waals surface area contributed by atoms with Gasteiger partial charge in [0, 0.05) is 44.3 Å². The van der Waals surface area contributed by atoms with Crippen molar-refractivity contribution in [2.24, 2.45) is 10.7 Å². The average Bonchev–Trinajstić information content (AvgIpc) is 2.86. The van der Waals surface area contributed by atoms with Crippen molar-refractivity contribution < 1.29 is 41.6 Å². The van der Waals surface area contributed by atoms with Crippen LogP contribution in [0.4, 0.5) is 14.9 Å². The van der Waals surface area contributed by atoms with Crippen LogP contribution in [0.2, 0.25) is 0 Å². The van der Waals surface area contributed by atoms with Crippen LogP contribution < -0.4 is 16.1 Å². The van der Waals surface area contributed by atoms with Crippen LogP contribution in [0, 0.1) is 5.82 Å². The van der Waals surface area contributed by atoms with E-state index in [1.54, 1.807) is 21.3 Å². The van der Waals surface area contributed by atoms with Crippen LogP contribution in [0.25, 0.3) is 10.9 Å². The fraction of sp³-hybridized carbons (Fsp3) is 0.409. The second-order valence-electron chi connectivity index (χ2n) is 8.83. The number of carboxylic acids is 1. The van der Waals surface area contributed by atoms with Gasteiger partial charge in [-0.3, -0.25) is 19.1 Å². The number of primary amides is 1. The first-order valence-electron chi connectivity index (χ1n) is 11.7. The number of nitrogens with two attached hydrogens (primary N) is 1. The molecule has 2 aliphatic rings. The number of hydrogen-bond donors (Lipinski definition) is 3. The molecule has 2 aromatic rings. The van der Waals surface area contributed by atoms with Crippen LogP contribution in [0.3, 0.4) is 0 Å². The number of carbonyl (C=O) groups is 3. The zero-order valence-corrected chi connectivity index (χ0v) is 21.4. The molecule has 41 heavy (non-hydrogen) atoms. The molecule has 4 rings (SSSR count). The number of aromatic nitrogens is 1. The molecule has 2 amide bonds. The fourth-order valence-electron chi connectivity index (χ4n) is 4.58. The molecule has 3 heterocycles. The number of halogens is 1. The van der Waals surface area contributed by atoms with Gasteiger partial charge in [-0.05, 0) is 19.1 Å². The minimum atomic E-state index is -4.89. The molecule has 0 spiro atoms. The Balaban J connectivity index is 0.00000294. The molecule has 214 valence electrons. The standard InChI is InChI=1S/C22H25FN6O9S.2Na.2H/c1-2-27-9-13(21(32)33)19(30)12-7-14(23)16(8-15(12)27)28-5-3-26(4-6-28)11-25-18-17(10-38-22(24)34)29(20(18)31)39(35,36)37;;;;/h7-9,11,17-18H,2-6,10H2,1H3,(H2,24,34)(H,32,33)(H,35,36,37);;;;/b25-11+;;;;. The topological polar surface area (TPSA) is 205 Å². The number of nitrogens with zero attached hydrogens (tertiary/aromatic N) is 5. The van der Waals surface area contributed by atoms with Crippen molar-refractivity contribution in [1.82, 2.24) is 13.8 Å². The first-order valence-corrected chi connectivity index (χ1v) is 13.1. The number of anilines is 1. The van der Waals surface area contributed by atoms with Crippen LogP contribution in [-0.4, -0.2) is 160 Å². The van der Waals surface area contributed by atoms with Gasteiger partial charge < -0.3 is 29.9 Å². The maximum absolute atomic E-state index is 15.1. The SMILES string of the molecule is CCn1cc(C(=O)O)c(=O)c2cc(F)c(N3CCN(/C=N/C4C(=O)N(S(=O)(=O)O)C4COC(N)=O)CC3)cc21.[NaH].[NaH]. The van der Waals surface area contributed by atoms with Crippen molar-refractivity contribution >= 4 is 110 Å². The van der Waals surface area contributed by atoms with E-state index in [2.05, 4.69) is 9.73 Å². The van der Waals surface area contributed by atoms with Gasteiger partial charge in [0.2, 0.25) is 5.43 Å². The van der Waals surface area contributed by atoms with Crippen molar-refractivity contribution in [3.63, 3.8) is 0 Å². The van der Waals surface area contributed by atoms with Crippen molar-refractivity contribution in [2.45, 2.75) is 25.6 Å². The molecule has 0 aliphatic carbocycles. The number of aliphatic imine (C=N–C) groups is 1. The molecule has 2 fully saturated rings. The molecule has 19 heteroatoms. The Hall–Kier alpha value is -2.25. The Morgan fingerprint density at radius 2 is 1.83 bits per heavy atom. The monoisotopic (exact) mass is 616 g/mol. The van der Waals surface area contributed by atoms with E-state index in [1.807, 2.05) is 0 Å². The zero-order valence-electron chi connectivity index (χ0n) is 20.6. The summed E-state index contributed by atoms with van der Waals surface area (Å²) in [5, 5.41) is 9.27. The van der Waals surface area contributed by atoms with E-state index in [9.17, 15) is 37.3 Å². The summed E-state index contributed by atoms with van der Waals surface area (Å²) in [4.78, 5) is 54.7. The number of benzene rings is 1. The first-order chi connectivity index (χ1) is 18.3. The molecule has 0 saturated carbocycles. The molecular weight excluding hydrogens is 589 g/mol. The number of fused-ring (bicyclic) bond motifs is 1. The summed E-state index contributed by atoms with van der Waals surface area (Å²) in [5.74, 6) is -3.08. The Morgan fingerprint density at radius 1 is 1.20 bits per heavy atom. The number of pyridine rings is 1. The third-order valence-corrected chi connectivity index (χ3v) is 7.49. The second kappa shape index (κ2) is 13.8. The third-order valence-electron chi connectivity index (χ3n) is 6.55. The quantitative estimate of drug-likeness (QED) is 0.0991. The van der Waals surface area contributed by atoms with Crippen molar-refractivity contribution in [3.8, 4) is 0 Å². The van der Waals surface area contributed by atoms with Gasteiger partial charge >= 0.3 is 81.5 Å². The molecule has 15 nitrogen and oxygen atoms in total. The summed E-state index contributed by atoms with van der Waals surface area (Å²) in [6.07, 6.45) is 1.37. The van der Waals surface area contributed by atoms with Gasteiger partial charge in [-0.25, -0.2) is 18.3 Å². The third kappa shape index (κ3) is 7.22. The first kappa shape index (κ1) is 34.9. The molecular formula is C22H27FN6Na2O9S. The average molecular weight is 617 g/mol. The number of ether oxygens (including phenoxy) is 1. The second-order valence-corrected chi connectivity index (χ2v) is 10.1. The van der Waals surface area contributed by atoms with Gasteiger partial charge in [-0.2, -0.15) is 8.42 Å². The van der Waals surface area contributed by atoms with Crippen LogP contribution in [-0.2, 0) is 26.4 Å². The van der Waals surface area contributed by atoms with Crippen LogP contribution in [0.5, 0.6) is 0 Å². The summed E-state index contributed by atoms with van der Waals surface area (Å²) in [7, 11) is -4.89. The van der Waals surface area contributed by atoms with E-state index in [-0.39, 0.29) is 74.5 Å². The number of aromatic carboxylic acids is 1. The summed E-state index contributed by atoms with van der Waals surface area (Å²) in [6.45, 7) is 2.85. The Labute approximate surface area is 277 Å². The number of rotatable bonds is 8. The van der Waals surface area contributed by atoms with Crippen molar-refractivity contribution in [1.29, 1.82) is 0 Å². The van der Waals surface area contributed by atoms with Gasteiger partial charge in [0.1, 0.15) is 24.0 Å². The molecule has 2 saturated heterocycles. The van der Waals surface area contributed by atoms with Crippen LogP contribution in [0.15, 0.2) is 28.1 Å². The fourth-order valence-corrected chi connectivity index (χ4v) is 5.43. The van der Waals surface area contributed by atoms with E-state index < -0.39 is 63.8 Å². The number of carbonyl (C=O) groups excluding carboxylic acids is 2. The number of aryl methyl sites for hydroxylation is 1. The summed E-state index contributed by atoms with van der Waals surface area (Å²) in [5.41, 5.74) is 4.30. The maximum atomic E-state index is 15.1. The van der Waals surface area contributed by atoms with E-state index in [4.69, 9.17) is 5.73 Å². The predicted octanol–water partition coefficient (Wildman–Crippen LogP) is -1.81. The van der Waals surface area contributed by atoms with Crippen molar-refractivity contribution in [2.75, 3.05) is 37.7 Å². The van der Waals surface area contributed by atoms with Gasteiger partial charge in [-0.15, -0.1) is 0 Å². The molecule has 4 N–H and O–H groups in total. The normalized spacial score (nSPS) is 19.0. The Bertz CT molecular complexity index is 1550. The molecule has 1 aromatic heterocycles. The van der Waals surface area contributed by atoms with Gasteiger partial charge in [0.15, 0.2) is 6.04 Å². The molecule has 2 unspecified atom stereocenters. The van der Waals surface area contributed by atoms with E-state index in [0.29, 0.717) is 38.2 Å². The minimum absolute atomic E-state index is 0. The number of piperazine rings is 1. The number of amides is 2. The van der Waals surface area contributed by atoms with Crippen molar-refractivity contribution in [3.05, 3.63) is 39.9 Å². The molecule has 2 atom stereocenters. The number of hydrogen-bond acceptors (Lipinski definition) is 9. The molecule has 2 aliphatic heterocycles. The Morgan fingerprint density at radius 3 is 2.37 bits per heavy atom. The molecule has 1 aromatic carbocycles. The van der Waals surface area contributed by atoms with Gasteiger partial charge in [0.05, 0.1) is 17.5 Å². The summed E-state index contributed by atoms with van der Waals surface area (Å²) < 4.78 is 53.6. The van der Waals surface area contributed by atoms with Gasteiger partial charge in [0.25, 0.3) is 5.91 Å². The van der Waals surface area contributed by atoms with Crippen LogP contribution in [0.1, 0.15) is 17.3 Å². The summed E-state index contributed by atoms with van der Waals surface area (Å²) >= 11 is 0. The van der Waals surface area contributed by atoms with Crippen LogP contribution >= 0.6 is 0 Å². The Kier molecular flexibility index (Phi) is 11.8.